The van der Waals surface area contributed by atoms with Crippen molar-refractivity contribution in [3.05, 3.63) is 53.6 Å². The second-order valence-electron chi connectivity index (χ2n) is 8.36. The Kier molecular flexibility index (Phi) is 5.57. The molecule has 2 aliphatic rings. The van der Waals surface area contributed by atoms with Crippen LogP contribution < -0.4 is 10.6 Å². The fourth-order valence-electron chi connectivity index (χ4n) is 3.70. The van der Waals surface area contributed by atoms with Crippen molar-refractivity contribution in [1.82, 2.24) is 14.4 Å². The molecule has 0 atom stereocenters. The molecule has 5 rings (SSSR count). The summed E-state index contributed by atoms with van der Waals surface area (Å²) in [6.45, 7) is 1.31. The van der Waals surface area contributed by atoms with Crippen molar-refractivity contribution in [3.8, 4) is 0 Å². The normalized spacial score (nSPS) is 15.9. The van der Waals surface area contributed by atoms with Gasteiger partial charge in [-0.1, -0.05) is 0 Å². The minimum absolute atomic E-state index is 0.0112. The lowest BCUT2D eigenvalue weighted by atomic mass is 10.1. The highest BCUT2D eigenvalue weighted by molar-refractivity contribution is 5.93. The number of carbonyl (C=O) groups is 1. The lowest BCUT2D eigenvalue weighted by molar-refractivity contribution is -0.117. The standard InChI is InChI=1S/C23H27N5O3/c29-7-8-31-14-18-9-17(15-1-2-15)12-28-13-20(26-22(18)28)11-25-19-5-6-24-21(10-19)27-23(30)16-3-4-16/h5-6,9-10,12-13,15-16,29H,1-4,7-8,11,14H2,(H2,24,25,27,30). The first kappa shape index (κ1) is 20.0. The van der Waals surface area contributed by atoms with Gasteiger partial charge in [0.1, 0.15) is 11.5 Å². The molecule has 0 saturated heterocycles. The average Bonchev–Trinajstić information content (AvgIpc) is 3.68. The molecule has 1 amide bonds. The Hall–Kier alpha value is -2.97. The van der Waals surface area contributed by atoms with Crippen LogP contribution in [0.1, 0.15) is 48.4 Å². The fourth-order valence-corrected chi connectivity index (χ4v) is 3.70. The molecular weight excluding hydrogens is 394 g/mol. The van der Waals surface area contributed by atoms with E-state index in [4.69, 9.17) is 14.8 Å². The number of rotatable bonds is 10. The number of aliphatic hydroxyl groups is 1. The SMILES string of the molecule is O=C(Nc1cc(NCc2cn3cc(C4CC4)cc(COCCO)c3n2)ccn1)C1CC1. The third-order valence-electron chi connectivity index (χ3n) is 5.67. The van der Waals surface area contributed by atoms with Crippen molar-refractivity contribution in [2.45, 2.75) is 44.8 Å². The predicted molar refractivity (Wildman–Crippen MR) is 117 cm³/mol. The molecule has 3 N–H and O–H groups in total. The zero-order valence-corrected chi connectivity index (χ0v) is 17.4. The van der Waals surface area contributed by atoms with Gasteiger partial charge in [-0.05, 0) is 49.3 Å². The summed E-state index contributed by atoms with van der Waals surface area (Å²) in [6.07, 6.45) is 10.3. The van der Waals surface area contributed by atoms with Crippen LogP contribution in [0.25, 0.3) is 5.65 Å². The molecule has 0 aliphatic heterocycles. The van der Waals surface area contributed by atoms with Gasteiger partial charge in [0.25, 0.3) is 0 Å². The maximum absolute atomic E-state index is 12.0. The number of aliphatic hydroxyl groups excluding tert-OH is 1. The lowest BCUT2D eigenvalue weighted by Gasteiger charge is -2.08. The summed E-state index contributed by atoms with van der Waals surface area (Å²) in [5.74, 6) is 1.39. The third-order valence-corrected chi connectivity index (χ3v) is 5.67. The molecule has 2 fully saturated rings. The van der Waals surface area contributed by atoms with Gasteiger partial charge in [0.05, 0.1) is 32.1 Å². The Labute approximate surface area is 180 Å². The van der Waals surface area contributed by atoms with E-state index in [2.05, 4.69) is 32.3 Å². The molecule has 162 valence electrons. The quantitative estimate of drug-likeness (QED) is 0.435. The van der Waals surface area contributed by atoms with E-state index in [1.165, 1.54) is 18.4 Å². The molecule has 0 radical (unpaired) electrons. The number of fused-ring (bicyclic) bond motifs is 1. The zero-order chi connectivity index (χ0) is 21.2. The largest absolute Gasteiger partial charge is 0.394 e. The molecule has 0 bridgehead atoms. The van der Waals surface area contributed by atoms with E-state index in [1.54, 1.807) is 6.20 Å². The van der Waals surface area contributed by atoms with Gasteiger partial charge in [-0.15, -0.1) is 0 Å². The first-order valence-electron chi connectivity index (χ1n) is 10.9. The van der Waals surface area contributed by atoms with E-state index in [9.17, 15) is 4.79 Å². The van der Waals surface area contributed by atoms with Gasteiger partial charge < -0.3 is 24.9 Å². The molecule has 0 spiro atoms. The van der Waals surface area contributed by atoms with Crippen LogP contribution in [-0.2, 0) is 22.7 Å². The number of hydrogen-bond donors (Lipinski definition) is 3. The Balaban J connectivity index is 1.30. The third kappa shape index (κ3) is 4.86. The second kappa shape index (κ2) is 8.64. The summed E-state index contributed by atoms with van der Waals surface area (Å²) in [5.41, 5.74) is 5.03. The van der Waals surface area contributed by atoms with Crippen LogP contribution >= 0.6 is 0 Å². The highest BCUT2D eigenvalue weighted by atomic mass is 16.5. The van der Waals surface area contributed by atoms with Gasteiger partial charge in [-0.25, -0.2) is 9.97 Å². The van der Waals surface area contributed by atoms with Crippen molar-refractivity contribution in [2.75, 3.05) is 23.8 Å². The number of nitrogens with zero attached hydrogens (tertiary/aromatic N) is 3. The smallest absolute Gasteiger partial charge is 0.228 e. The molecule has 2 aliphatic carbocycles. The highest BCUT2D eigenvalue weighted by Crippen LogP contribution is 2.40. The molecule has 2 saturated carbocycles. The minimum Gasteiger partial charge on any atom is -0.394 e. The Bertz CT molecular complexity index is 1090. The second-order valence-corrected chi connectivity index (χ2v) is 8.36. The van der Waals surface area contributed by atoms with Gasteiger partial charge in [-0.3, -0.25) is 4.79 Å². The summed E-state index contributed by atoms with van der Waals surface area (Å²) < 4.78 is 7.66. The Morgan fingerprint density at radius 2 is 2.10 bits per heavy atom. The van der Waals surface area contributed by atoms with Crippen LogP contribution in [0.2, 0.25) is 0 Å². The van der Waals surface area contributed by atoms with Crippen molar-refractivity contribution < 1.29 is 14.6 Å². The molecule has 0 unspecified atom stereocenters. The van der Waals surface area contributed by atoms with Crippen molar-refractivity contribution in [2.24, 2.45) is 5.92 Å². The van der Waals surface area contributed by atoms with Crippen LogP contribution in [0, 0.1) is 5.92 Å². The van der Waals surface area contributed by atoms with E-state index in [-0.39, 0.29) is 18.4 Å². The van der Waals surface area contributed by atoms with Crippen LogP contribution in [0.15, 0.2) is 36.8 Å². The molecule has 8 heteroatoms. The number of hydrogen-bond acceptors (Lipinski definition) is 6. The number of carbonyl (C=O) groups excluding carboxylic acids is 1. The van der Waals surface area contributed by atoms with Crippen molar-refractivity contribution >= 4 is 23.1 Å². The number of nitrogens with one attached hydrogen (secondary N) is 2. The summed E-state index contributed by atoms with van der Waals surface area (Å²) >= 11 is 0. The Morgan fingerprint density at radius 3 is 2.87 bits per heavy atom. The first-order chi connectivity index (χ1) is 15.2. The van der Waals surface area contributed by atoms with Crippen molar-refractivity contribution in [1.29, 1.82) is 0 Å². The molecule has 3 aromatic heterocycles. The summed E-state index contributed by atoms with van der Waals surface area (Å²) in [5, 5.41) is 15.3. The number of anilines is 2. The monoisotopic (exact) mass is 421 g/mol. The lowest BCUT2D eigenvalue weighted by Crippen LogP contribution is -2.14. The minimum atomic E-state index is 0.0112. The van der Waals surface area contributed by atoms with E-state index >= 15 is 0 Å². The molecule has 0 aromatic carbocycles. The predicted octanol–water partition coefficient (Wildman–Crippen LogP) is 3.08. The first-order valence-corrected chi connectivity index (χ1v) is 10.9. The maximum atomic E-state index is 12.0. The van der Waals surface area contributed by atoms with Gasteiger partial charge in [0.2, 0.25) is 5.91 Å². The molecule has 3 heterocycles. The zero-order valence-electron chi connectivity index (χ0n) is 17.4. The fraction of sp³-hybridized carbons (Fsp3) is 0.435. The maximum Gasteiger partial charge on any atom is 0.228 e. The van der Waals surface area contributed by atoms with E-state index < -0.39 is 0 Å². The summed E-state index contributed by atoms with van der Waals surface area (Å²) in [4.78, 5) is 21.0. The van der Waals surface area contributed by atoms with E-state index in [0.29, 0.717) is 31.5 Å². The van der Waals surface area contributed by atoms with Crippen LogP contribution in [-0.4, -0.2) is 38.6 Å². The van der Waals surface area contributed by atoms with Crippen molar-refractivity contribution in [3.63, 3.8) is 0 Å². The van der Waals surface area contributed by atoms with Gasteiger partial charge >= 0.3 is 0 Å². The summed E-state index contributed by atoms with van der Waals surface area (Å²) in [6, 6.07) is 5.91. The van der Waals surface area contributed by atoms with Crippen LogP contribution in [0.5, 0.6) is 0 Å². The van der Waals surface area contributed by atoms with E-state index in [1.807, 2.05) is 18.3 Å². The number of aromatic nitrogens is 3. The molecular formula is C23H27N5O3. The number of pyridine rings is 2. The van der Waals surface area contributed by atoms with Gasteiger partial charge in [0.15, 0.2) is 0 Å². The van der Waals surface area contributed by atoms with Gasteiger partial charge in [-0.2, -0.15) is 0 Å². The highest BCUT2D eigenvalue weighted by Gasteiger charge is 2.29. The van der Waals surface area contributed by atoms with Crippen LogP contribution in [0.3, 0.4) is 0 Å². The number of imidazole rings is 1. The summed E-state index contributed by atoms with van der Waals surface area (Å²) in [7, 11) is 0. The molecule has 8 nitrogen and oxygen atoms in total. The van der Waals surface area contributed by atoms with E-state index in [0.717, 1.165) is 35.4 Å². The van der Waals surface area contributed by atoms with Crippen LogP contribution in [0.4, 0.5) is 11.5 Å². The average molecular weight is 422 g/mol. The van der Waals surface area contributed by atoms with Gasteiger partial charge in [0, 0.05) is 41.8 Å². The number of ether oxygens (including phenoxy) is 1. The topological polar surface area (TPSA) is 101 Å². The Morgan fingerprint density at radius 1 is 1.23 bits per heavy atom. The number of amides is 1. The molecule has 3 aromatic rings. The molecule has 31 heavy (non-hydrogen) atoms.